The molecule has 0 radical (unpaired) electrons. The van der Waals surface area contributed by atoms with Crippen LogP contribution in [0.5, 0.6) is 0 Å². The molecule has 0 aliphatic rings. The van der Waals surface area contributed by atoms with Gasteiger partial charge in [-0.2, -0.15) is 5.10 Å². The van der Waals surface area contributed by atoms with E-state index in [2.05, 4.69) is 27.5 Å². The van der Waals surface area contributed by atoms with Gasteiger partial charge in [0.25, 0.3) is 5.91 Å². The highest BCUT2D eigenvalue weighted by Crippen LogP contribution is 2.18. The van der Waals surface area contributed by atoms with E-state index in [9.17, 15) is 4.79 Å². The van der Waals surface area contributed by atoms with E-state index in [-0.39, 0.29) is 11.9 Å². The van der Waals surface area contributed by atoms with Crippen molar-refractivity contribution in [3.8, 4) is 0 Å². The number of amides is 1. The summed E-state index contributed by atoms with van der Waals surface area (Å²) in [5.41, 5.74) is 4.88. The number of benzene rings is 2. The van der Waals surface area contributed by atoms with Gasteiger partial charge in [-0.3, -0.25) is 9.48 Å². The third kappa shape index (κ3) is 3.77. The fraction of sp³-hybridized carbons (Fsp3) is 0.182. The van der Waals surface area contributed by atoms with Crippen LogP contribution in [0, 0.1) is 6.92 Å². The van der Waals surface area contributed by atoms with E-state index in [0.717, 1.165) is 22.0 Å². The molecule has 5 heteroatoms. The van der Waals surface area contributed by atoms with Crippen LogP contribution in [-0.2, 0) is 6.54 Å². The summed E-state index contributed by atoms with van der Waals surface area (Å²) in [5.74, 6) is -0.118. The van der Waals surface area contributed by atoms with E-state index in [1.165, 1.54) is 5.56 Å². The number of hydrogen-bond donors (Lipinski definition) is 2. The van der Waals surface area contributed by atoms with Gasteiger partial charge >= 0.3 is 0 Å². The summed E-state index contributed by atoms with van der Waals surface area (Å²) in [6, 6.07) is 18.1. The molecular formula is C22H22N4O. The zero-order valence-corrected chi connectivity index (χ0v) is 15.4. The maximum Gasteiger partial charge on any atom is 0.268 e. The number of aromatic amines is 1. The molecule has 27 heavy (non-hydrogen) atoms. The van der Waals surface area contributed by atoms with E-state index < -0.39 is 0 Å². The molecule has 1 amide bonds. The molecule has 1 atom stereocenters. The Labute approximate surface area is 158 Å². The van der Waals surface area contributed by atoms with E-state index in [4.69, 9.17) is 0 Å². The van der Waals surface area contributed by atoms with E-state index in [1.807, 2.05) is 73.4 Å². The lowest BCUT2D eigenvalue weighted by molar-refractivity contribution is 0.0935. The monoisotopic (exact) mass is 358 g/mol. The molecule has 0 fully saturated rings. The van der Waals surface area contributed by atoms with Crippen molar-refractivity contribution in [2.24, 2.45) is 0 Å². The molecule has 5 nitrogen and oxygen atoms in total. The zero-order chi connectivity index (χ0) is 18.8. The number of rotatable bonds is 5. The van der Waals surface area contributed by atoms with Gasteiger partial charge in [-0.25, -0.2) is 0 Å². The molecule has 0 bridgehead atoms. The number of fused-ring (bicyclic) bond motifs is 1. The summed E-state index contributed by atoms with van der Waals surface area (Å²) in [4.78, 5) is 15.8. The van der Waals surface area contributed by atoms with Crippen LogP contribution in [-0.4, -0.2) is 20.7 Å². The number of nitrogens with one attached hydrogen (secondary N) is 2. The molecule has 0 aliphatic heterocycles. The minimum atomic E-state index is -0.129. The van der Waals surface area contributed by atoms with Gasteiger partial charge in [0.1, 0.15) is 5.69 Å². The highest BCUT2D eigenvalue weighted by Gasteiger charge is 2.15. The smallest absolute Gasteiger partial charge is 0.268 e. The highest BCUT2D eigenvalue weighted by atomic mass is 16.1. The molecular weight excluding hydrogens is 336 g/mol. The molecule has 2 N–H and O–H groups in total. The Hall–Kier alpha value is -3.34. The number of aryl methyl sites for hydroxylation is 1. The minimum absolute atomic E-state index is 0.118. The summed E-state index contributed by atoms with van der Waals surface area (Å²) in [7, 11) is 0. The lowest BCUT2D eigenvalue weighted by Gasteiger charge is -2.11. The van der Waals surface area contributed by atoms with Gasteiger partial charge in [0.2, 0.25) is 0 Å². The quantitative estimate of drug-likeness (QED) is 0.561. The normalized spacial score (nSPS) is 12.2. The van der Waals surface area contributed by atoms with Crippen LogP contribution in [0.2, 0.25) is 0 Å². The largest absolute Gasteiger partial charge is 0.351 e. The van der Waals surface area contributed by atoms with Gasteiger partial charge in [0, 0.05) is 22.7 Å². The van der Waals surface area contributed by atoms with Crippen LogP contribution in [0.25, 0.3) is 10.9 Å². The molecule has 0 saturated heterocycles. The standard InChI is InChI=1S/C22H22N4O/c1-15-8-9-18-11-21(25-20(18)10-15)22(27)24-16(2)19-12-23-26(14-19)13-17-6-4-3-5-7-17/h3-12,14,16,25H,13H2,1-2H3,(H,24,27). The van der Waals surface area contributed by atoms with Crippen LogP contribution in [0.1, 0.15) is 40.1 Å². The Bertz CT molecular complexity index is 1080. The Kier molecular flexibility index (Phi) is 4.50. The van der Waals surface area contributed by atoms with Crippen LogP contribution in [0.15, 0.2) is 67.0 Å². The zero-order valence-electron chi connectivity index (χ0n) is 15.4. The predicted molar refractivity (Wildman–Crippen MR) is 107 cm³/mol. The maximum absolute atomic E-state index is 12.6. The van der Waals surface area contributed by atoms with Crippen LogP contribution < -0.4 is 5.32 Å². The first-order valence-electron chi connectivity index (χ1n) is 9.05. The Morgan fingerprint density at radius 2 is 2.00 bits per heavy atom. The second-order valence-corrected chi connectivity index (χ2v) is 6.93. The number of aromatic nitrogens is 3. The third-order valence-corrected chi connectivity index (χ3v) is 4.71. The van der Waals surface area contributed by atoms with Crippen molar-refractivity contribution in [1.82, 2.24) is 20.1 Å². The molecule has 0 spiro atoms. The summed E-state index contributed by atoms with van der Waals surface area (Å²) >= 11 is 0. The van der Waals surface area contributed by atoms with Gasteiger partial charge in [-0.05, 0) is 37.1 Å². The van der Waals surface area contributed by atoms with Crippen molar-refractivity contribution in [2.45, 2.75) is 26.4 Å². The first-order valence-corrected chi connectivity index (χ1v) is 9.05. The highest BCUT2D eigenvalue weighted by molar-refractivity contribution is 5.98. The van der Waals surface area contributed by atoms with Crippen LogP contribution in [0.3, 0.4) is 0 Å². The van der Waals surface area contributed by atoms with Gasteiger partial charge in [-0.15, -0.1) is 0 Å². The Morgan fingerprint density at radius 3 is 2.81 bits per heavy atom. The molecule has 0 aliphatic carbocycles. The summed E-state index contributed by atoms with van der Waals surface area (Å²) in [6.45, 7) is 4.71. The van der Waals surface area contributed by atoms with Gasteiger partial charge < -0.3 is 10.3 Å². The number of H-pyrrole nitrogens is 1. The topological polar surface area (TPSA) is 62.7 Å². The minimum Gasteiger partial charge on any atom is -0.351 e. The third-order valence-electron chi connectivity index (χ3n) is 4.71. The summed E-state index contributed by atoms with van der Waals surface area (Å²) in [5, 5.41) is 8.49. The van der Waals surface area contributed by atoms with Crippen molar-refractivity contribution >= 4 is 16.8 Å². The van der Waals surface area contributed by atoms with Crippen molar-refractivity contribution in [2.75, 3.05) is 0 Å². The van der Waals surface area contributed by atoms with Crippen molar-refractivity contribution in [3.05, 3.63) is 89.4 Å². The second-order valence-electron chi connectivity index (χ2n) is 6.93. The summed E-state index contributed by atoms with van der Waals surface area (Å²) < 4.78 is 1.89. The van der Waals surface area contributed by atoms with E-state index in [1.54, 1.807) is 0 Å². The van der Waals surface area contributed by atoms with Gasteiger partial charge in [0.15, 0.2) is 0 Å². The predicted octanol–water partition coefficient (Wildman–Crippen LogP) is 4.21. The van der Waals surface area contributed by atoms with Crippen molar-refractivity contribution in [3.63, 3.8) is 0 Å². The molecule has 4 rings (SSSR count). The van der Waals surface area contributed by atoms with Gasteiger partial charge in [-0.1, -0.05) is 42.5 Å². The summed E-state index contributed by atoms with van der Waals surface area (Å²) in [6.07, 6.45) is 3.79. The number of hydrogen-bond acceptors (Lipinski definition) is 2. The number of carbonyl (C=O) groups is 1. The molecule has 0 saturated carbocycles. The fourth-order valence-electron chi connectivity index (χ4n) is 3.18. The van der Waals surface area contributed by atoms with Crippen LogP contribution in [0.4, 0.5) is 0 Å². The molecule has 2 aromatic heterocycles. The van der Waals surface area contributed by atoms with E-state index in [0.29, 0.717) is 12.2 Å². The average Bonchev–Trinajstić information content (AvgIpc) is 3.29. The van der Waals surface area contributed by atoms with Gasteiger partial charge in [0.05, 0.1) is 18.8 Å². The molecule has 136 valence electrons. The van der Waals surface area contributed by atoms with E-state index >= 15 is 0 Å². The Balaban J connectivity index is 1.45. The fourth-order valence-corrected chi connectivity index (χ4v) is 3.18. The molecule has 2 aromatic carbocycles. The molecule has 4 aromatic rings. The first-order chi connectivity index (χ1) is 13.1. The maximum atomic E-state index is 12.6. The number of carbonyl (C=O) groups excluding carboxylic acids is 1. The first kappa shape index (κ1) is 17.1. The SMILES string of the molecule is Cc1ccc2cc(C(=O)NC(C)c3cnn(Cc4ccccc4)c3)[nH]c2c1. The lowest BCUT2D eigenvalue weighted by atomic mass is 10.2. The van der Waals surface area contributed by atoms with Crippen LogP contribution >= 0.6 is 0 Å². The van der Waals surface area contributed by atoms with Crippen molar-refractivity contribution < 1.29 is 4.79 Å². The molecule has 1 unspecified atom stereocenters. The lowest BCUT2D eigenvalue weighted by Crippen LogP contribution is -2.26. The molecule has 2 heterocycles. The second kappa shape index (κ2) is 7.11. The number of nitrogens with zero attached hydrogens (tertiary/aromatic N) is 2. The Morgan fingerprint density at radius 1 is 1.19 bits per heavy atom. The average molecular weight is 358 g/mol. The van der Waals surface area contributed by atoms with Crippen molar-refractivity contribution in [1.29, 1.82) is 0 Å².